The summed E-state index contributed by atoms with van der Waals surface area (Å²) in [5.41, 5.74) is 2.44. The van der Waals surface area contributed by atoms with Crippen LogP contribution in [0.25, 0.3) is 0 Å². The van der Waals surface area contributed by atoms with Gasteiger partial charge in [-0.25, -0.2) is 0 Å². The van der Waals surface area contributed by atoms with Crippen LogP contribution in [0.15, 0.2) is 72.8 Å². The van der Waals surface area contributed by atoms with E-state index in [2.05, 4.69) is 17.6 Å². The number of benzene rings is 3. The van der Waals surface area contributed by atoms with Crippen LogP contribution in [0, 0.1) is 0 Å². The first-order valence-electron chi connectivity index (χ1n) is 11.2. The Morgan fingerprint density at radius 1 is 0.941 bits per heavy atom. The third-order valence-electron chi connectivity index (χ3n) is 5.35. The van der Waals surface area contributed by atoms with E-state index in [0.29, 0.717) is 34.4 Å². The lowest BCUT2D eigenvalue weighted by Crippen LogP contribution is -2.32. The van der Waals surface area contributed by atoms with E-state index in [-0.39, 0.29) is 24.3 Å². The molecule has 3 aromatic rings. The van der Waals surface area contributed by atoms with Gasteiger partial charge in [0.2, 0.25) is 0 Å². The lowest BCUT2D eigenvalue weighted by molar-refractivity contribution is -0.123. The Kier molecular flexibility index (Phi) is 9.80. The summed E-state index contributed by atoms with van der Waals surface area (Å²) in [6.07, 6.45) is 1.83. The van der Waals surface area contributed by atoms with E-state index in [9.17, 15) is 9.59 Å². The molecular formula is C27H28Cl2N2O3. The second-order valence-corrected chi connectivity index (χ2v) is 8.78. The first-order valence-corrected chi connectivity index (χ1v) is 12.0. The largest absolute Gasteiger partial charge is 0.484 e. The lowest BCUT2D eigenvalue weighted by atomic mass is 9.94. The fourth-order valence-corrected chi connectivity index (χ4v) is 4.16. The summed E-state index contributed by atoms with van der Waals surface area (Å²) in [4.78, 5) is 24.9. The van der Waals surface area contributed by atoms with E-state index in [1.807, 2.05) is 36.4 Å². The summed E-state index contributed by atoms with van der Waals surface area (Å²) in [6, 6.07) is 21.9. The molecule has 0 unspecified atom stereocenters. The van der Waals surface area contributed by atoms with Crippen molar-refractivity contribution >= 4 is 35.0 Å². The molecule has 3 aromatic carbocycles. The normalized spacial score (nSPS) is 11.5. The van der Waals surface area contributed by atoms with Crippen LogP contribution >= 0.6 is 23.2 Å². The summed E-state index contributed by atoms with van der Waals surface area (Å²) < 4.78 is 5.62. The molecule has 0 bridgehead atoms. The standard InChI is InChI=1S/C27H28Cl2N2O3/c1-2-7-21(24-13-12-22(28)15-25(24)29)17-30-26(32)18-34-23-11-6-10-20(14-23)27(33)31-16-19-8-4-3-5-9-19/h3-6,8-15,21H,2,7,16-18H2,1H3,(H,30,32)(H,31,33)/t21-/m1/s1. The van der Waals surface area contributed by atoms with Crippen LogP contribution < -0.4 is 15.4 Å². The molecule has 0 radical (unpaired) electrons. The van der Waals surface area contributed by atoms with E-state index < -0.39 is 0 Å². The molecule has 34 heavy (non-hydrogen) atoms. The minimum Gasteiger partial charge on any atom is -0.484 e. The number of carbonyl (C=O) groups is 2. The second-order valence-electron chi connectivity index (χ2n) is 7.94. The van der Waals surface area contributed by atoms with Crippen molar-refractivity contribution in [1.29, 1.82) is 0 Å². The Morgan fingerprint density at radius 3 is 2.47 bits per heavy atom. The van der Waals surface area contributed by atoms with Crippen LogP contribution in [0.3, 0.4) is 0 Å². The first-order chi connectivity index (χ1) is 16.5. The predicted molar refractivity (Wildman–Crippen MR) is 137 cm³/mol. The Hall–Kier alpha value is -3.02. The van der Waals surface area contributed by atoms with Crippen LogP contribution in [0.2, 0.25) is 10.0 Å². The van der Waals surface area contributed by atoms with Gasteiger partial charge in [-0.15, -0.1) is 0 Å². The number of halogens is 2. The van der Waals surface area contributed by atoms with Gasteiger partial charge in [-0.3, -0.25) is 9.59 Å². The molecule has 2 N–H and O–H groups in total. The van der Waals surface area contributed by atoms with E-state index in [1.165, 1.54) is 0 Å². The maximum atomic E-state index is 12.5. The van der Waals surface area contributed by atoms with Gasteiger partial charge in [-0.2, -0.15) is 0 Å². The van der Waals surface area contributed by atoms with Crippen molar-refractivity contribution in [3.8, 4) is 5.75 Å². The highest BCUT2D eigenvalue weighted by Gasteiger charge is 2.16. The highest BCUT2D eigenvalue weighted by molar-refractivity contribution is 6.35. The van der Waals surface area contributed by atoms with Crippen molar-refractivity contribution in [2.75, 3.05) is 13.2 Å². The Morgan fingerprint density at radius 2 is 1.74 bits per heavy atom. The summed E-state index contributed by atoms with van der Waals surface area (Å²) in [7, 11) is 0. The fourth-order valence-electron chi connectivity index (χ4n) is 3.59. The van der Waals surface area contributed by atoms with Gasteiger partial charge in [0.1, 0.15) is 5.75 Å². The average Bonchev–Trinajstić information content (AvgIpc) is 2.85. The van der Waals surface area contributed by atoms with Gasteiger partial charge in [0.15, 0.2) is 6.61 Å². The summed E-state index contributed by atoms with van der Waals surface area (Å²) in [6.45, 7) is 2.82. The number of rotatable bonds is 11. The molecule has 0 saturated carbocycles. The van der Waals surface area contributed by atoms with Gasteiger partial charge < -0.3 is 15.4 Å². The van der Waals surface area contributed by atoms with Crippen molar-refractivity contribution in [3.05, 3.63) is 99.5 Å². The number of hydrogen-bond donors (Lipinski definition) is 2. The van der Waals surface area contributed by atoms with Crippen LogP contribution in [-0.4, -0.2) is 25.0 Å². The Balaban J connectivity index is 1.50. The quantitative estimate of drug-likeness (QED) is 0.340. The average molecular weight is 499 g/mol. The highest BCUT2D eigenvalue weighted by Crippen LogP contribution is 2.30. The SMILES string of the molecule is CCC[C@H](CNC(=O)COc1cccc(C(=O)NCc2ccccc2)c1)c1ccc(Cl)cc1Cl. The maximum absolute atomic E-state index is 12.5. The molecule has 1 atom stereocenters. The van der Waals surface area contributed by atoms with Crippen molar-refractivity contribution in [2.45, 2.75) is 32.2 Å². The number of amides is 2. The van der Waals surface area contributed by atoms with Gasteiger partial charge in [0, 0.05) is 34.6 Å². The van der Waals surface area contributed by atoms with Gasteiger partial charge in [0.25, 0.3) is 11.8 Å². The molecule has 0 spiro atoms. The molecule has 0 aromatic heterocycles. The molecule has 178 valence electrons. The molecule has 5 nitrogen and oxygen atoms in total. The number of carbonyl (C=O) groups excluding carboxylic acids is 2. The Bertz CT molecular complexity index is 1110. The van der Waals surface area contributed by atoms with E-state index >= 15 is 0 Å². The third-order valence-corrected chi connectivity index (χ3v) is 5.91. The van der Waals surface area contributed by atoms with E-state index in [4.69, 9.17) is 27.9 Å². The van der Waals surface area contributed by atoms with Crippen LogP contribution in [-0.2, 0) is 11.3 Å². The summed E-state index contributed by atoms with van der Waals surface area (Å²) in [5.74, 6) is 0.0786. The van der Waals surface area contributed by atoms with Gasteiger partial charge in [-0.1, -0.05) is 79.0 Å². The Labute approximate surface area is 210 Å². The zero-order chi connectivity index (χ0) is 24.3. The molecule has 2 amide bonds. The van der Waals surface area contributed by atoms with E-state index in [1.54, 1.807) is 36.4 Å². The van der Waals surface area contributed by atoms with Gasteiger partial charge in [-0.05, 0) is 47.9 Å². The zero-order valence-electron chi connectivity index (χ0n) is 19.0. The monoisotopic (exact) mass is 498 g/mol. The smallest absolute Gasteiger partial charge is 0.257 e. The topological polar surface area (TPSA) is 67.4 Å². The molecule has 0 heterocycles. The molecule has 7 heteroatoms. The second kappa shape index (κ2) is 13.0. The van der Waals surface area contributed by atoms with Crippen molar-refractivity contribution < 1.29 is 14.3 Å². The molecule has 3 rings (SSSR count). The predicted octanol–water partition coefficient (Wildman–Crippen LogP) is 6.00. The highest BCUT2D eigenvalue weighted by atomic mass is 35.5. The minimum atomic E-state index is -0.245. The maximum Gasteiger partial charge on any atom is 0.257 e. The molecule has 0 saturated heterocycles. The molecule has 0 aliphatic carbocycles. The van der Waals surface area contributed by atoms with Crippen LogP contribution in [0.5, 0.6) is 5.75 Å². The number of hydrogen-bond acceptors (Lipinski definition) is 3. The lowest BCUT2D eigenvalue weighted by Gasteiger charge is -2.19. The fraction of sp³-hybridized carbons (Fsp3) is 0.259. The number of ether oxygens (including phenoxy) is 1. The van der Waals surface area contributed by atoms with Crippen molar-refractivity contribution in [1.82, 2.24) is 10.6 Å². The minimum absolute atomic E-state index is 0.0790. The van der Waals surface area contributed by atoms with Crippen LogP contribution in [0.1, 0.15) is 47.2 Å². The number of nitrogens with one attached hydrogen (secondary N) is 2. The molecule has 0 fully saturated rings. The first kappa shape index (κ1) is 25.6. The summed E-state index contributed by atoms with van der Waals surface area (Å²) >= 11 is 12.4. The van der Waals surface area contributed by atoms with Gasteiger partial charge in [0.05, 0.1) is 0 Å². The van der Waals surface area contributed by atoms with Gasteiger partial charge >= 0.3 is 0 Å². The van der Waals surface area contributed by atoms with Crippen molar-refractivity contribution in [2.24, 2.45) is 0 Å². The molecular weight excluding hydrogens is 471 g/mol. The summed E-state index contributed by atoms with van der Waals surface area (Å²) in [5, 5.41) is 6.98. The molecule has 0 aliphatic rings. The molecule has 0 aliphatic heterocycles. The van der Waals surface area contributed by atoms with E-state index in [0.717, 1.165) is 24.0 Å². The third kappa shape index (κ3) is 7.79. The zero-order valence-corrected chi connectivity index (χ0v) is 20.5. The van der Waals surface area contributed by atoms with Crippen molar-refractivity contribution in [3.63, 3.8) is 0 Å². The van der Waals surface area contributed by atoms with Crippen LogP contribution in [0.4, 0.5) is 0 Å².